The topological polar surface area (TPSA) is 70.8 Å². The molecule has 0 atom stereocenters. The molecule has 3 rings (SSSR count). The van der Waals surface area contributed by atoms with Gasteiger partial charge in [0, 0.05) is 5.56 Å². The normalized spacial score (nSPS) is 12.8. The summed E-state index contributed by atoms with van der Waals surface area (Å²) in [4.78, 5) is 11.0. The Morgan fingerprint density at radius 3 is 2.64 bits per heavy atom. The molecule has 5 nitrogen and oxygen atoms in total. The van der Waals surface area contributed by atoms with E-state index in [0.717, 1.165) is 5.56 Å². The minimum atomic E-state index is -0.467. The van der Waals surface area contributed by atoms with E-state index in [0.29, 0.717) is 47.7 Å². The number of carbonyl (C=O) groups is 1. The van der Waals surface area contributed by atoms with Crippen molar-refractivity contribution in [3.05, 3.63) is 52.5 Å². The van der Waals surface area contributed by atoms with Crippen LogP contribution in [0.25, 0.3) is 0 Å². The summed E-state index contributed by atoms with van der Waals surface area (Å²) in [7, 11) is 0. The maximum absolute atomic E-state index is 11.0. The van der Waals surface area contributed by atoms with Crippen molar-refractivity contribution in [3.63, 3.8) is 0 Å². The van der Waals surface area contributed by atoms with Crippen molar-refractivity contribution in [2.45, 2.75) is 6.61 Å². The Morgan fingerprint density at radius 1 is 1.18 bits per heavy atom. The van der Waals surface area contributed by atoms with Gasteiger partial charge in [0.25, 0.3) is 0 Å². The van der Waals surface area contributed by atoms with E-state index in [1.165, 1.54) is 0 Å². The average Bonchev–Trinajstić information content (AvgIpc) is 2.53. The maximum Gasteiger partial charge on any atom is 0.248 e. The summed E-state index contributed by atoms with van der Waals surface area (Å²) in [5.74, 6) is 1.37. The fraction of sp³-hybridized carbons (Fsp3) is 0.188. The molecule has 0 unspecified atom stereocenters. The standard InChI is InChI=1S/C16H14ClNO4/c17-13-7-10(8-14-15(13)21-6-5-20-14)9-22-12-3-1-11(2-4-12)16(18)19/h1-4,7-8H,5-6,9H2,(H2,18,19). The molecule has 0 spiro atoms. The fourth-order valence-corrected chi connectivity index (χ4v) is 2.42. The van der Waals surface area contributed by atoms with Crippen LogP contribution in [0.15, 0.2) is 36.4 Å². The maximum atomic E-state index is 11.0. The van der Waals surface area contributed by atoms with E-state index in [-0.39, 0.29) is 0 Å². The smallest absolute Gasteiger partial charge is 0.248 e. The summed E-state index contributed by atoms with van der Waals surface area (Å²) in [6.45, 7) is 1.32. The zero-order valence-electron chi connectivity index (χ0n) is 11.7. The van der Waals surface area contributed by atoms with Crippen LogP contribution in [0.5, 0.6) is 17.2 Å². The lowest BCUT2D eigenvalue weighted by atomic mass is 10.2. The molecular weight excluding hydrogens is 306 g/mol. The molecule has 0 radical (unpaired) electrons. The third kappa shape index (κ3) is 3.09. The average molecular weight is 320 g/mol. The molecule has 0 saturated heterocycles. The van der Waals surface area contributed by atoms with Gasteiger partial charge >= 0.3 is 0 Å². The van der Waals surface area contributed by atoms with Crippen LogP contribution < -0.4 is 19.9 Å². The first-order chi connectivity index (χ1) is 10.6. The van der Waals surface area contributed by atoms with Crippen molar-refractivity contribution >= 4 is 17.5 Å². The number of amides is 1. The molecule has 2 N–H and O–H groups in total. The molecule has 1 amide bonds. The highest BCUT2D eigenvalue weighted by Crippen LogP contribution is 2.38. The highest BCUT2D eigenvalue weighted by molar-refractivity contribution is 6.32. The van der Waals surface area contributed by atoms with Gasteiger partial charge in [0.1, 0.15) is 25.6 Å². The molecule has 0 bridgehead atoms. The Morgan fingerprint density at radius 2 is 1.91 bits per heavy atom. The molecule has 0 saturated carbocycles. The number of carbonyl (C=O) groups excluding carboxylic acids is 1. The second-order valence-electron chi connectivity index (χ2n) is 4.78. The SMILES string of the molecule is NC(=O)c1ccc(OCc2cc(Cl)c3c(c2)OCCO3)cc1. The third-order valence-corrected chi connectivity index (χ3v) is 3.48. The van der Waals surface area contributed by atoms with Crippen molar-refractivity contribution in [2.75, 3.05) is 13.2 Å². The van der Waals surface area contributed by atoms with Crippen molar-refractivity contribution in [1.29, 1.82) is 0 Å². The zero-order valence-corrected chi connectivity index (χ0v) is 12.4. The van der Waals surface area contributed by atoms with Crippen LogP contribution in [-0.4, -0.2) is 19.1 Å². The molecule has 2 aromatic rings. The molecule has 1 heterocycles. The number of halogens is 1. The van der Waals surface area contributed by atoms with Crippen LogP contribution in [0.4, 0.5) is 0 Å². The minimum absolute atomic E-state index is 0.326. The lowest BCUT2D eigenvalue weighted by molar-refractivity contribution is 0.1000. The van der Waals surface area contributed by atoms with E-state index in [1.807, 2.05) is 6.07 Å². The fourth-order valence-electron chi connectivity index (χ4n) is 2.13. The van der Waals surface area contributed by atoms with Crippen LogP contribution in [0.2, 0.25) is 5.02 Å². The van der Waals surface area contributed by atoms with Gasteiger partial charge in [-0.05, 0) is 42.0 Å². The number of hydrogen-bond donors (Lipinski definition) is 1. The van der Waals surface area contributed by atoms with Gasteiger partial charge in [-0.25, -0.2) is 0 Å². The quantitative estimate of drug-likeness (QED) is 0.940. The number of fused-ring (bicyclic) bond motifs is 1. The van der Waals surface area contributed by atoms with E-state index in [4.69, 9.17) is 31.5 Å². The number of rotatable bonds is 4. The van der Waals surface area contributed by atoms with Crippen LogP contribution in [0, 0.1) is 0 Å². The molecule has 2 aromatic carbocycles. The molecule has 0 aromatic heterocycles. The summed E-state index contributed by atoms with van der Waals surface area (Å²) in [5.41, 5.74) is 6.50. The zero-order chi connectivity index (χ0) is 15.5. The van der Waals surface area contributed by atoms with E-state index >= 15 is 0 Å². The Kier molecular flexibility index (Phi) is 4.06. The van der Waals surface area contributed by atoms with Crippen LogP contribution in [-0.2, 0) is 6.61 Å². The number of nitrogens with two attached hydrogens (primary N) is 1. The minimum Gasteiger partial charge on any atom is -0.489 e. The molecule has 1 aliphatic rings. The van der Waals surface area contributed by atoms with E-state index in [1.54, 1.807) is 30.3 Å². The van der Waals surface area contributed by atoms with Gasteiger partial charge in [-0.15, -0.1) is 0 Å². The number of hydrogen-bond acceptors (Lipinski definition) is 4. The predicted octanol–water partition coefficient (Wildman–Crippen LogP) is 2.79. The van der Waals surface area contributed by atoms with Crippen molar-refractivity contribution in [1.82, 2.24) is 0 Å². The lowest BCUT2D eigenvalue weighted by Gasteiger charge is -2.20. The second-order valence-corrected chi connectivity index (χ2v) is 5.19. The van der Waals surface area contributed by atoms with Crippen LogP contribution in [0.3, 0.4) is 0 Å². The molecular formula is C16H14ClNO4. The summed E-state index contributed by atoms with van der Waals surface area (Å²) in [6, 6.07) is 10.3. The highest BCUT2D eigenvalue weighted by Gasteiger charge is 2.16. The highest BCUT2D eigenvalue weighted by atomic mass is 35.5. The summed E-state index contributed by atoms with van der Waals surface area (Å²) in [5, 5.41) is 0.500. The summed E-state index contributed by atoms with van der Waals surface area (Å²) >= 11 is 6.17. The molecule has 1 aliphatic heterocycles. The monoisotopic (exact) mass is 319 g/mol. The Hall–Kier alpha value is -2.40. The van der Waals surface area contributed by atoms with E-state index in [9.17, 15) is 4.79 Å². The number of benzene rings is 2. The molecule has 22 heavy (non-hydrogen) atoms. The van der Waals surface area contributed by atoms with Crippen LogP contribution in [0.1, 0.15) is 15.9 Å². The van der Waals surface area contributed by atoms with Gasteiger partial charge in [-0.3, -0.25) is 4.79 Å². The Balaban J connectivity index is 1.71. The van der Waals surface area contributed by atoms with Gasteiger partial charge in [0.2, 0.25) is 5.91 Å². The van der Waals surface area contributed by atoms with E-state index in [2.05, 4.69) is 0 Å². The third-order valence-electron chi connectivity index (χ3n) is 3.20. The Labute approximate surface area is 132 Å². The summed E-state index contributed by atoms with van der Waals surface area (Å²) in [6.07, 6.45) is 0. The molecule has 0 aliphatic carbocycles. The first kappa shape index (κ1) is 14.5. The molecule has 114 valence electrons. The summed E-state index contributed by atoms with van der Waals surface area (Å²) < 4.78 is 16.7. The van der Waals surface area contributed by atoms with Gasteiger partial charge in [-0.2, -0.15) is 0 Å². The number of ether oxygens (including phenoxy) is 3. The largest absolute Gasteiger partial charge is 0.489 e. The molecule has 0 fully saturated rings. The van der Waals surface area contributed by atoms with Crippen LogP contribution >= 0.6 is 11.6 Å². The van der Waals surface area contributed by atoms with Gasteiger partial charge in [0.15, 0.2) is 11.5 Å². The van der Waals surface area contributed by atoms with Crippen molar-refractivity contribution < 1.29 is 19.0 Å². The number of primary amides is 1. The van der Waals surface area contributed by atoms with Gasteiger partial charge in [0.05, 0.1) is 5.02 Å². The van der Waals surface area contributed by atoms with Gasteiger partial charge < -0.3 is 19.9 Å². The molecule has 6 heteroatoms. The van der Waals surface area contributed by atoms with Crippen molar-refractivity contribution in [2.24, 2.45) is 5.73 Å². The Bertz CT molecular complexity index is 700. The van der Waals surface area contributed by atoms with Gasteiger partial charge in [-0.1, -0.05) is 11.6 Å². The van der Waals surface area contributed by atoms with Crippen molar-refractivity contribution in [3.8, 4) is 17.2 Å². The first-order valence-electron chi connectivity index (χ1n) is 6.74. The lowest BCUT2D eigenvalue weighted by Crippen LogP contribution is -2.16. The predicted molar refractivity (Wildman–Crippen MR) is 81.7 cm³/mol. The first-order valence-corrected chi connectivity index (χ1v) is 7.12. The van der Waals surface area contributed by atoms with E-state index < -0.39 is 5.91 Å². The second kappa shape index (κ2) is 6.15.